The van der Waals surface area contributed by atoms with Crippen LogP contribution in [0.5, 0.6) is 0 Å². The van der Waals surface area contributed by atoms with Gasteiger partial charge in [0.1, 0.15) is 22.8 Å². The number of carbonyl (C=O) groups is 4. The molecule has 0 saturated heterocycles. The zero-order valence-electron chi connectivity index (χ0n) is 43.6. The van der Waals surface area contributed by atoms with Gasteiger partial charge in [-0.05, 0) is 179 Å². The van der Waals surface area contributed by atoms with Gasteiger partial charge in [-0.1, -0.05) is 71.9 Å². The van der Waals surface area contributed by atoms with Crippen molar-refractivity contribution in [3.8, 4) is 22.3 Å². The molecule has 0 aliphatic carbocycles. The second kappa shape index (κ2) is 26.9. The molecule has 0 saturated carbocycles. The van der Waals surface area contributed by atoms with Gasteiger partial charge in [-0.3, -0.25) is 0 Å². The summed E-state index contributed by atoms with van der Waals surface area (Å²) in [6.45, 7) is 13.1. The van der Waals surface area contributed by atoms with Gasteiger partial charge >= 0.3 is 53.4 Å². The maximum atomic E-state index is 14.9. The van der Waals surface area contributed by atoms with Crippen molar-refractivity contribution in [3.63, 3.8) is 0 Å². The van der Waals surface area contributed by atoms with Crippen molar-refractivity contribution in [1.82, 2.24) is 0 Å². The predicted octanol–water partition coefficient (Wildman–Crippen LogP) is 11.1. The van der Waals surface area contributed by atoms with Gasteiger partial charge in [0.15, 0.2) is 0 Å². The smallest absolute Gasteiger partial charge is 1.00 e. The van der Waals surface area contributed by atoms with E-state index in [0.717, 1.165) is 72.4 Å². The first-order valence-electron chi connectivity index (χ1n) is 23.5. The molecule has 10 nitrogen and oxygen atoms in total. The first-order chi connectivity index (χ1) is 33.8. The van der Waals surface area contributed by atoms with E-state index < -0.39 is 17.2 Å². The number of fused-ring (bicyclic) bond motifs is 2. The van der Waals surface area contributed by atoms with Crippen molar-refractivity contribution in [2.24, 2.45) is 0 Å². The molecule has 6 aromatic carbocycles. The van der Waals surface area contributed by atoms with Crippen molar-refractivity contribution < 1.29 is 77.9 Å². The Morgan fingerprint density at radius 1 is 0.616 bits per heavy atom. The van der Waals surface area contributed by atoms with Crippen LogP contribution >= 0.6 is 15.9 Å². The van der Waals surface area contributed by atoms with Crippen molar-refractivity contribution in [3.05, 3.63) is 177 Å². The molecular weight excluding hydrogens is 1010 g/mol. The predicted molar refractivity (Wildman–Crippen MR) is 286 cm³/mol. The number of carbonyl (C=O) groups excluding carboxylic acids is 4. The SMILES string of the molecule is C.CC(C)(C)OC(=O)c1ccccc1-c1ccc(F)c(CBr)c1.COC(=O)c1ccc2c(c1)CCCN2.COC(=O)c1ccc2c(c1)CCCN2Cc1cc(-c2ccccc2C(=O)OC(C)(C)C)ccc1F.[H-].[Na+]. The van der Waals surface area contributed by atoms with E-state index in [-0.39, 0.29) is 68.0 Å². The third-order valence-corrected chi connectivity index (χ3v) is 12.1. The molecule has 0 aromatic heterocycles. The Balaban J connectivity index is 0.000000317. The Bertz CT molecular complexity index is 2900. The van der Waals surface area contributed by atoms with Crippen LogP contribution in [0.1, 0.15) is 127 Å². The van der Waals surface area contributed by atoms with E-state index in [0.29, 0.717) is 50.8 Å². The van der Waals surface area contributed by atoms with Crippen molar-refractivity contribution >= 4 is 51.2 Å². The Kier molecular flexibility index (Phi) is 22.0. The number of rotatable bonds is 9. The Morgan fingerprint density at radius 2 is 1.10 bits per heavy atom. The van der Waals surface area contributed by atoms with Crippen LogP contribution in [0.2, 0.25) is 0 Å². The molecule has 8 rings (SSSR count). The molecule has 2 aliphatic rings. The number of anilines is 2. The maximum absolute atomic E-state index is 14.9. The van der Waals surface area contributed by atoms with E-state index in [4.69, 9.17) is 14.2 Å². The molecule has 0 spiro atoms. The van der Waals surface area contributed by atoms with Crippen molar-refractivity contribution in [2.45, 2.75) is 97.7 Å². The van der Waals surface area contributed by atoms with Crippen LogP contribution in [0.4, 0.5) is 20.2 Å². The van der Waals surface area contributed by atoms with Gasteiger partial charge in [0.05, 0.1) is 36.5 Å². The molecule has 2 aliphatic heterocycles. The normalized spacial score (nSPS) is 12.5. The molecule has 73 heavy (non-hydrogen) atoms. The van der Waals surface area contributed by atoms with E-state index >= 15 is 0 Å². The minimum absolute atomic E-state index is 0. The molecule has 0 fully saturated rings. The maximum Gasteiger partial charge on any atom is 1.00 e. The Hall–Kier alpha value is -5.86. The van der Waals surface area contributed by atoms with E-state index in [1.54, 1.807) is 60.7 Å². The van der Waals surface area contributed by atoms with Crippen LogP contribution in [0, 0.1) is 11.6 Å². The zero-order valence-corrected chi connectivity index (χ0v) is 46.1. The summed E-state index contributed by atoms with van der Waals surface area (Å²) in [4.78, 5) is 50.5. The first-order valence-corrected chi connectivity index (χ1v) is 24.6. The van der Waals surface area contributed by atoms with Gasteiger partial charge < -0.3 is 30.6 Å². The summed E-state index contributed by atoms with van der Waals surface area (Å²) in [6, 6.07) is 35.3. The van der Waals surface area contributed by atoms with Crippen LogP contribution in [0.15, 0.2) is 121 Å². The number of esters is 4. The van der Waals surface area contributed by atoms with Gasteiger partial charge in [-0.2, -0.15) is 0 Å². The van der Waals surface area contributed by atoms with E-state index in [2.05, 4.69) is 30.9 Å². The number of aryl methyl sites for hydroxylation is 2. The molecular formula is C59H66BrF2N2NaO8. The largest absolute Gasteiger partial charge is 1.00 e. The number of methoxy groups -OCH3 is 2. The number of benzene rings is 6. The second-order valence-corrected chi connectivity index (χ2v) is 19.7. The fourth-order valence-corrected chi connectivity index (χ4v) is 8.64. The average molecular weight is 1070 g/mol. The summed E-state index contributed by atoms with van der Waals surface area (Å²) >= 11 is 3.27. The number of nitrogens with zero attached hydrogens (tertiary/aromatic N) is 1. The molecule has 14 heteroatoms. The number of hydrogen-bond acceptors (Lipinski definition) is 10. The number of halogens is 3. The van der Waals surface area contributed by atoms with E-state index in [1.165, 1.54) is 31.9 Å². The van der Waals surface area contributed by atoms with Crippen LogP contribution in [-0.2, 0) is 43.7 Å². The summed E-state index contributed by atoms with van der Waals surface area (Å²) in [5.41, 5.74) is 9.33. The summed E-state index contributed by atoms with van der Waals surface area (Å²) in [5, 5.41) is 3.71. The van der Waals surface area contributed by atoms with Gasteiger partial charge in [-0.15, -0.1) is 0 Å². The molecule has 0 unspecified atom stereocenters. The molecule has 0 amide bonds. The summed E-state index contributed by atoms with van der Waals surface area (Å²) in [7, 11) is 2.77. The van der Waals surface area contributed by atoms with Crippen LogP contribution < -0.4 is 39.8 Å². The Morgan fingerprint density at radius 3 is 1.62 bits per heavy atom. The minimum atomic E-state index is -0.618. The van der Waals surface area contributed by atoms with Gasteiger partial charge in [-0.25, -0.2) is 28.0 Å². The minimum Gasteiger partial charge on any atom is -1.00 e. The molecule has 1 N–H and O–H groups in total. The third kappa shape index (κ3) is 16.3. The number of hydrogen-bond donors (Lipinski definition) is 1. The molecule has 0 bridgehead atoms. The monoisotopic (exact) mass is 1070 g/mol. The van der Waals surface area contributed by atoms with Crippen molar-refractivity contribution in [1.29, 1.82) is 0 Å². The average Bonchev–Trinajstić information content (AvgIpc) is 3.35. The molecule has 0 radical (unpaired) electrons. The quantitative estimate of drug-likeness (QED) is 0.0648. The third-order valence-electron chi connectivity index (χ3n) is 11.5. The van der Waals surface area contributed by atoms with Crippen LogP contribution in [0.3, 0.4) is 0 Å². The fraction of sp³-hybridized carbons (Fsp3) is 0.322. The topological polar surface area (TPSA) is 120 Å². The fourth-order valence-electron chi connectivity index (χ4n) is 8.21. The molecule has 382 valence electrons. The zero-order chi connectivity index (χ0) is 51.5. The van der Waals surface area contributed by atoms with E-state index in [9.17, 15) is 28.0 Å². The number of nitrogens with one attached hydrogen (secondary N) is 1. The van der Waals surface area contributed by atoms with Crippen LogP contribution in [0.25, 0.3) is 22.3 Å². The van der Waals surface area contributed by atoms with E-state index in [1.807, 2.05) is 90.1 Å². The number of alkyl halides is 1. The van der Waals surface area contributed by atoms with Gasteiger partial charge in [0.2, 0.25) is 0 Å². The summed E-state index contributed by atoms with van der Waals surface area (Å²) in [5.74, 6) is -2.00. The molecule has 0 atom stereocenters. The molecule has 2 heterocycles. The standard InChI is InChI=1S/C29H30FNO4.C18H18BrFO2.C11H13NO2.CH4.Na.H/c1-29(2,3)35-28(33)24-10-6-5-9-23(24)19-11-13-25(30)22(16-19)18-31-15-7-8-20-17-21(27(32)34-4)12-14-26(20)31;1-18(2,3)22-17(21)15-7-5-4-6-14(15)12-8-9-16(20)13(10-12)11-19;1-14-11(13)9-4-5-10-8(7-9)3-2-6-12-10;;;/h5-6,9-14,16-17H,7-8,15,18H2,1-4H3;4-10H,11H2,1-3H3;4-5,7,12H,2-3,6H2,1H3;1H4;;/q;;;;+1;-1. The number of ether oxygens (including phenoxy) is 4. The molecule has 6 aromatic rings. The van der Waals surface area contributed by atoms with Gasteiger partial charge in [0, 0.05) is 41.9 Å². The summed E-state index contributed by atoms with van der Waals surface area (Å²) < 4.78 is 49.1. The first kappa shape index (κ1) is 59.7. The van der Waals surface area contributed by atoms with Crippen molar-refractivity contribution in [2.75, 3.05) is 37.5 Å². The second-order valence-electron chi connectivity index (χ2n) is 19.1. The Labute approximate surface area is 461 Å². The summed E-state index contributed by atoms with van der Waals surface area (Å²) in [6.07, 6.45) is 3.91. The van der Waals surface area contributed by atoms with Crippen LogP contribution in [-0.4, -0.2) is 62.4 Å². The van der Waals surface area contributed by atoms with Gasteiger partial charge in [0.25, 0.3) is 0 Å².